The summed E-state index contributed by atoms with van der Waals surface area (Å²) in [5.41, 5.74) is 0.896. The first-order valence-corrected chi connectivity index (χ1v) is 8.69. The number of nitrogens with zero attached hydrogens (tertiary/aromatic N) is 5. The topological polar surface area (TPSA) is 63.9 Å². The monoisotopic (exact) mass is 387 g/mol. The zero-order chi connectivity index (χ0) is 19.7. The molecule has 0 saturated heterocycles. The normalized spacial score (nSPS) is 16.7. The number of hydrogen-bond acceptors (Lipinski definition) is 5. The first-order valence-electron chi connectivity index (χ1n) is 8.69. The largest absolute Gasteiger partial charge is 0.408 e. The number of halogens is 3. The average molecular weight is 387 g/mol. The minimum absolute atomic E-state index is 0.00135. The van der Waals surface area contributed by atoms with Crippen LogP contribution in [0.4, 0.5) is 19.1 Å². The van der Waals surface area contributed by atoms with Crippen LogP contribution in [-0.2, 0) is 13.1 Å². The van der Waals surface area contributed by atoms with E-state index in [-0.39, 0.29) is 31.2 Å². The van der Waals surface area contributed by atoms with Crippen LogP contribution in [0.5, 0.6) is 0 Å². The Kier molecular flexibility index (Phi) is 4.58. The van der Waals surface area contributed by atoms with Crippen LogP contribution in [0.1, 0.15) is 12.0 Å². The summed E-state index contributed by atoms with van der Waals surface area (Å²) in [5, 5.41) is 0. The maximum Gasteiger partial charge on any atom is 0.408 e. The smallest absolute Gasteiger partial charge is 0.326 e. The van der Waals surface area contributed by atoms with Gasteiger partial charge in [0.2, 0.25) is 5.95 Å². The van der Waals surface area contributed by atoms with Gasteiger partial charge in [0.05, 0.1) is 11.4 Å². The Labute approximate surface area is 158 Å². The summed E-state index contributed by atoms with van der Waals surface area (Å²) >= 11 is 0. The van der Waals surface area contributed by atoms with E-state index in [1.807, 2.05) is 0 Å². The van der Waals surface area contributed by atoms with Crippen LogP contribution in [0.2, 0.25) is 0 Å². The summed E-state index contributed by atoms with van der Waals surface area (Å²) in [7, 11) is 0. The molecule has 0 aliphatic carbocycles. The Hall–Kier alpha value is -3.23. The summed E-state index contributed by atoms with van der Waals surface area (Å²) in [6, 6.07) is 9.95. The minimum Gasteiger partial charge on any atom is -0.326 e. The predicted octanol–water partition coefficient (Wildman–Crippen LogP) is 3.04. The Morgan fingerprint density at radius 3 is 2.57 bits per heavy atom. The van der Waals surface area contributed by atoms with Crippen molar-refractivity contribution in [2.24, 2.45) is 0 Å². The Balaban J connectivity index is 1.84. The lowest BCUT2D eigenvalue weighted by atomic mass is 10.1. The second-order valence-corrected chi connectivity index (χ2v) is 6.49. The highest BCUT2D eigenvalue weighted by atomic mass is 19.4. The van der Waals surface area contributed by atoms with Crippen molar-refractivity contribution >= 4 is 5.95 Å². The van der Waals surface area contributed by atoms with Crippen molar-refractivity contribution in [3.63, 3.8) is 0 Å². The molecule has 1 atom stereocenters. The number of benzene rings is 1. The zero-order valence-electron chi connectivity index (χ0n) is 14.7. The molecule has 3 aromatic rings. The van der Waals surface area contributed by atoms with Crippen LogP contribution in [0, 0.1) is 0 Å². The van der Waals surface area contributed by atoms with Crippen LogP contribution in [-0.4, -0.2) is 31.7 Å². The van der Waals surface area contributed by atoms with Gasteiger partial charge in [0.15, 0.2) is 0 Å². The molecular formula is C19H16F3N5O. The van der Waals surface area contributed by atoms with Gasteiger partial charge in [-0.3, -0.25) is 9.36 Å². The highest BCUT2D eigenvalue weighted by Crippen LogP contribution is 2.35. The van der Waals surface area contributed by atoms with Crippen molar-refractivity contribution < 1.29 is 13.2 Å². The molecule has 0 spiro atoms. The van der Waals surface area contributed by atoms with E-state index in [2.05, 4.69) is 15.0 Å². The molecule has 1 unspecified atom stereocenters. The fourth-order valence-corrected chi connectivity index (χ4v) is 3.34. The molecule has 1 aliphatic rings. The van der Waals surface area contributed by atoms with Gasteiger partial charge in [-0.05, 0) is 18.1 Å². The fourth-order valence-electron chi connectivity index (χ4n) is 3.34. The van der Waals surface area contributed by atoms with Gasteiger partial charge in [-0.25, -0.2) is 15.0 Å². The predicted molar refractivity (Wildman–Crippen MR) is 96.6 cm³/mol. The van der Waals surface area contributed by atoms with E-state index in [1.54, 1.807) is 36.4 Å². The maximum atomic E-state index is 13.7. The van der Waals surface area contributed by atoms with Crippen molar-refractivity contribution in [2.45, 2.75) is 31.7 Å². The van der Waals surface area contributed by atoms with Gasteiger partial charge in [-0.15, -0.1) is 0 Å². The molecule has 0 radical (unpaired) electrons. The van der Waals surface area contributed by atoms with Crippen molar-refractivity contribution in [2.75, 3.05) is 4.90 Å². The summed E-state index contributed by atoms with van der Waals surface area (Å²) in [4.78, 5) is 26.0. The molecule has 28 heavy (non-hydrogen) atoms. The van der Waals surface area contributed by atoms with Crippen LogP contribution in [0.15, 0.2) is 59.8 Å². The first-order chi connectivity index (χ1) is 13.4. The van der Waals surface area contributed by atoms with E-state index in [4.69, 9.17) is 0 Å². The van der Waals surface area contributed by atoms with Crippen molar-refractivity contribution in [3.8, 4) is 11.4 Å². The van der Waals surface area contributed by atoms with E-state index < -0.39 is 17.8 Å². The number of hydrogen-bond donors (Lipinski definition) is 0. The molecule has 4 rings (SSSR count). The molecule has 1 aromatic carbocycles. The van der Waals surface area contributed by atoms with Gasteiger partial charge in [-0.1, -0.05) is 30.3 Å². The van der Waals surface area contributed by atoms with Gasteiger partial charge in [0, 0.05) is 25.4 Å². The number of fused-ring (bicyclic) bond motifs is 1. The van der Waals surface area contributed by atoms with Gasteiger partial charge in [0.25, 0.3) is 5.56 Å². The third kappa shape index (κ3) is 3.47. The standard InChI is InChI=1S/C19H16F3N5O/c20-19(21,22)16-7-9-26-17(28)10-15(14-6-8-23-12-24-14)25-18(26)27(16)11-13-4-2-1-3-5-13/h1-6,8,10,12,16H,7,9,11H2. The Morgan fingerprint density at radius 1 is 1.11 bits per heavy atom. The molecule has 2 aromatic heterocycles. The van der Waals surface area contributed by atoms with E-state index in [1.165, 1.54) is 23.2 Å². The fraction of sp³-hybridized carbons (Fsp3) is 0.263. The van der Waals surface area contributed by atoms with Crippen LogP contribution in [0.25, 0.3) is 11.4 Å². The maximum absolute atomic E-state index is 13.7. The van der Waals surface area contributed by atoms with Gasteiger partial charge < -0.3 is 4.90 Å². The van der Waals surface area contributed by atoms with Gasteiger partial charge >= 0.3 is 6.18 Å². The lowest BCUT2D eigenvalue weighted by molar-refractivity contribution is -0.153. The lowest BCUT2D eigenvalue weighted by Crippen LogP contribution is -2.52. The van der Waals surface area contributed by atoms with Crippen LogP contribution >= 0.6 is 0 Å². The summed E-state index contributed by atoms with van der Waals surface area (Å²) < 4.78 is 42.5. The molecular weight excluding hydrogens is 371 g/mol. The first kappa shape index (κ1) is 18.1. The summed E-state index contributed by atoms with van der Waals surface area (Å²) in [6.07, 6.45) is -1.86. The molecule has 9 heteroatoms. The molecule has 0 fully saturated rings. The second-order valence-electron chi connectivity index (χ2n) is 6.49. The zero-order valence-corrected chi connectivity index (χ0v) is 14.7. The lowest BCUT2D eigenvalue weighted by Gasteiger charge is -2.39. The quantitative estimate of drug-likeness (QED) is 0.691. The van der Waals surface area contributed by atoms with Crippen molar-refractivity contribution in [3.05, 3.63) is 70.9 Å². The molecule has 0 bridgehead atoms. The molecule has 6 nitrogen and oxygen atoms in total. The van der Waals surface area contributed by atoms with Crippen LogP contribution in [0.3, 0.4) is 0 Å². The van der Waals surface area contributed by atoms with Crippen LogP contribution < -0.4 is 10.5 Å². The van der Waals surface area contributed by atoms with Gasteiger partial charge in [-0.2, -0.15) is 13.2 Å². The molecule has 0 saturated carbocycles. The van der Waals surface area contributed by atoms with Crippen molar-refractivity contribution in [1.29, 1.82) is 0 Å². The van der Waals surface area contributed by atoms with E-state index >= 15 is 0 Å². The van der Waals surface area contributed by atoms with Gasteiger partial charge in [0.1, 0.15) is 12.4 Å². The Morgan fingerprint density at radius 2 is 1.89 bits per heavy atom. The molecule has 144 valence electrons. The SMILES string of the molecule is O=c1cc(-c2ccncn2)nc2n1CCC(C(F)(F)F)N2Cc1ccccc1. The van der Waals surface area contributed by atoms with E-state index in [9.17, 15) is 18.0 Å². The number of alkyl halides is 3. The van der Waals surface area contributed by atoms with E-state index in [0.29, 0.717) is 11.3 Å². The number of aromatic nitrogens is 4. The molecule has 0 amide bonds. The second kappa shape index (κ2) is 7.06. The minimum atomic E-state index is -4.44. The Bertz CT molecular complexity index is 1020. The highest BCUT2D eigenvalue weighted by Gasteiger charge is 2.46. The van der Waals surface area contributed by atoms with Crippen molar-refractivity contribution in [1.82, 2.24) is 19.5 Å². The van der Waals surface area contributed by atoms with E-state index in [0.717, 1.165) is 4.90 Å². The third-order valence-electron chi connectivity index (χ3n) is 4.67. The third-order valence-corrected chi connectivity index (χ3v) is 4.67. The highest BCUT2D eigenvalue weighted by molar-refractivity contribution is 5.55. The number of anilines is 1. The molecule has 0 N–H and O–H groups in total. The number of rotatable bonds is 3. The summed E-state index contributed by atoms with van der Waals surface area (Å²) in [5.74, 6) is -0.00135. The molecule has 3 heterocycles. The average Bonchev–Trinajstić information content (AvgIpc) is 2.69. The molecule has 1 aliphatic heterocycles. The summed E-state index contributed by atoms with van der Waals surface area (Å²) in [6.45, 7) is -0.0502.